The van der Waals surface area contributed by atoms with Gasteiger partial charge in [-0.2, -0.15) is 0 Å². The molecule has 1 N–H and O–H groups in total. The second-order valence-corrected chi connectivity index (χ2v) is 5.03. The van der Waals surface area contributed by atoms with Crippen LogP contribution in [-0.4, -0.2) is 36.5 Å². The summed E-state index contributed by atoms with van der Waals surface area (Å²) in [5.74, 6) is 0. The monoisotopic (exact) mass is 267 g/mol. The van der Waals surface area contributed by atoms with E-state index in [0.717, 1.165) is 18.5 Å². The molecule has 0 bridgehead atoms. The van der Waals surface area contributed by atoms with Gasteiger partial charge in [-0.25, -0.2) is 9.63 Å². The Balaban J connectivity index is 2.16. The van der Waals surface area contributed by atoms with Gasteiger partial charge >= 0.3 is 6.03 Å². The van der Waals surface area contributed by atoms with Gasteiger partial charge in [-0.3, -0.25) is 0 Å². The van der Waals surface area contributed by atoms with E-state index in [2.05, 4.69) is 23.0 Å². The van der Waals surface area contributed by atoms with Gasteiger partial charge in [0.05, 0.1) is 0 Å². The first-order valence-electron chi connectivity index (χ1n) is 6.02. The largest absolute Gasteiger partial charge is 0.331 e. The molecule has 4 nitrogen and oxygen atoms in total. The number of nitrogens with one attached hydrogen (secondary N) is 1. The summed E-state index contributed by atoms with van der Waals surface area (Å²) in [6.07, 6.45) is 0.920. The van der Waals surface area contributed by atoms with Crippen LogP contribution in [0.2, 0.25) is 0 Å². The van der Waals surface area contributed by atoms with Crippen LogP contribution in [0.1, 0.15) is 16.7 Å². The topological polar surface area (TPSA) is 35.6 Å². The number of hydrogen-bond donors (Lipinski definition) is 1. The van der Waals surface area contributed by atoms with E-state index >= 15 is 0 Å². The fourth-order valence-corrected chi connectivity index (χ4v) is 2.40. The molecule has 0 saturated carbocycles. The lowest BCUT2D eigenvalue weighted by Gasteiger charge is -2.31. The maximum atomic E-state index is 11.9. The van der Waals surface area contributed by atoms with E-state index in [1.165, 1.54) is 11.1 Å². The quantitative estimate of drug-likeness (QED) is 0.832. The molecule has 0 radical (unpaired) electrons. The number of nitrogens with zero attached hydrogens (tertiary/aromatic N) is 2. The Morgan fingerprint density at radius 3 is 2.89 bits per heavy atom. The van der Waals surface area contributed by atoms with E-state index in [0.29, 0.717) is 13.1 Å². The highest BCUT2D eigenvalue weighted by Crippen LogP contribution is 2.21. The van der Waals surface area contributed by atoms with Gasteiger partial charge in [-0.15, -0.1) is 0 Å². The highest BCUT2D eigenvalue weighted by molar-refractivity contribution is 6.13. The zero-order valence-electron chi connectivity index (χ0n) is 10.7. The number of benzene rings is 1. The van der Waals surface area contributed by atoms with E-state index in [4.69, 9.17) is 11.8 Å². The minimum absolute atomic E-state index is 0.0709. The summed E-state index contributed by atoms with van der Waals surface area (Å²) in [6, 6.07) is 6.41. The Hall–Kier alpha value is -1.26. The zero-order valence-corrected chi connectivity index (χ0v) is 11.5. The molecule has 1 heterocycles. The Labute approximate surface area is 113 Å². The van der Waals surface area contributed by atoms with Crippen LogP contribution in [0.5, 0.6) is 0 Å². The van der Waals surface area contributed by atoms with Crippen molar-refractivity contribution in [2.75, 3.05) is 20.6 Å². The average molecular weight is 268 g/mol. The van der Waals surface area contributed by atoms with Crippen molar-refractivity contribution in [1.82, 2.24) is 14.6 Å². The lowest BCUT2D eigenvalue weighted by atomic mass is 9.97. The van der Waals surface area contributed by atoms with E-state index in [1.54, 1.807) is 19.0 Å². The molecule has 5 heteroatoms. The molecule has 1 aromatic carbocycles. The molecule has 0 aromatic heterocycles. The number of rotatable bonds is 2. The van der Waals surface area contributed by atoms with Crippen LogP contribution in [0.4, 0.5) is 4.79 Å². The van der Waals surface area contributed by atoms with Gasteiger partial charge in [0.2, 0.25) is 0 Å². The molecule has 0 atom stereocenters. The molecule has 0 unspecified atom stereocenters. The standard InChI is InChI=1S/C13H18ClN3O/c1-16(2)13(18)17-6-5-11-4-3-10(8-15-14)7-12(11)9-17/h3-4,7,15H,5-6,8-9H2,1-2H3. The van der Waals surface area contributed by atoms with Crippen molar-refractivity contribution in [2.24, 2.45) is 0 Å². The number of halogens is 1. The van der Waals surface area contributed by atoms with Crippen molar-refractivity contribution in [1.29, 1.82) is 0 Å². The van der Waals surface area contributed by atoms with E-state index in [9.17, 15) is 4.79 Å². The second-order valence-electron chi connectivity index (χ2n) is 4.76. The Kier molecular flexibility index (Phi) is 4.09. The van der Waals surface area contributed by atoms with Gasteiger partial charge in [-0.1, -0.05) is 18.2 Å². The maximum Gasteiger partial charge on any atom is 0.319 e. The first-order chi connectivity index (χ1) is 8.61. The summed E-state index contributed by atoms with van der Waals surface area (Å²) < 4.78 is 0. The van der Waals surface area contributed by atoms with E-state index in [-0.39, 0.29) is 6.03 Å². The van der Waals surface area contributed by atoms with Crippen molar-refractivity contribution >= 4 is 17.8 Å². The number of carbonyl (C=O) groups is 1. The van der Waals surface area contributed by atoms with Crippen LogP contribution >= 0.6 is 11.8 Å². The number of amides is 2. The molecule has 2 rings (SSSR count). The normalized spacial score (nSPS) is 14.3. The van der Waals surface area contributed by atoms with Crippen molar-refractivity contribution in [3.8, 4) is 0 Å². The molecule has 0 spiro atoms. The lowest BCUT2D eigenvalue weighted by molar-refractivity contribution is 0.165. The third-order valence-electron chi connectivity index (χ3n) is 3.21. The fraction of sp³-hybridized carbons (Fsp3) is 0.462. The Morgan fingerprint density at radius 1 is 1.44 bits per heavy atom. The number of carbonyl (C=O) groups excluding carboxylic acids is 1. The molecule has 2 amide bonds. The van der Waals surface area contributed by atoms with Crippen LogP contribution in [0, 0.1) is 0 Å². The molecular formula is C13H18ClN3O. The highest BCUT2D eigenvalue weighted by atomic mass is 35.5. The summed E-state index contributed by atoms with van der Waals surface area (Å²) in [5, 5.41) is 0. The summed E-state index contributed by atoms with van der Waals surface area (Å²) in [5.41, 5.74) is 3.69. The number of fused-ring (bicyclic) bond motifs is 1. The predicted molar refractivity (Wildman–Crippen MR) is 72.3 cm³/mol. The summed E-state index contributed by atoms with van der Waals surface area (Å²) >= 11 is 5.52. The van der Waals surface area contributed by atoms with Gasteiger partial charge in [0.1, 0.15) is 0 Å². The van der Waals surface area contributed by atoms with Crippen LogP contribution in [0.3, 0.4) is 0 Å². The summed E-state index contributed by atoms with van der Waals surface area (Å²) in [7, 11) is 3.57. The molecule has 18 heavy (non-hydrogen) atoms. The van der Waals surface area contributed by atoms with Crippen LogP contribution in [0.25, 0.3) is 0 Å². The zero-order chi connectivity index (χ0) is 13.1. The minimum Gasteiger partial charge on any atom is -0.331 e. The second kappa shape index (κ2) is 5.59. The van der Waals surface area contributed by atoms with Crippen molar-refractivity contribution in [2.45, 2.75) is 19.5 Å². The molecule has 1 aliphatic rings. The molecule has 98 valence electrons. The highest BCUT2D eigenvalue weighted by Gasteiger charge is 2.21. The first kappa shape index (κ1) is 13.2. The lowest BCUT2D eigenvalue weighted by Crippen LogP contribution is -2.42. The average Bonchev–Trinajstić information content (AvgIpc) is 2.37. The maximum absolute atomic E-state index is 11.9. The SMILES string of the molecule is CN(C)C(=O)N1CCc2ccc(CNCl)cc2C1. The van der Waals surface area contributed by atoms with Gasteiger partial charge in [0, 0.05) is 33.7 Å². The Bertz CT molecular complexity index is 448. The van der Waals surface area contributed by atoms with Crippen LogP contribution in [-0.2, 0) is 19.5 Å². The van der Waals surface area contributed by atoms with E-state index in [1.807, 2.05) is 4.90 Å². The van der Waals surface area contributed by atoms with Gasteiger partial charge in [-0.05, 0) is 34.9 Å². The smallest absolute Gasteiger partial charge is 0.319 e. The third kappa shape index (κ3) is 2.76. The fourth-order valence-electron chi connectivity index (χ4n) is 2.24. The summed E-state index contributed by atoms with van der Waals surface area (Å²) in [6.45, 7) is 2.11. The molecule has 0 aliphatic carbocycles. The molecular weight excluding hydrogens is 250 g/mol. The molecule has 1 aromatic rings. The number of hydrogen-bond acceptors (Lipinski definition) is 2. The third-order valence-corrected chi connectivity index (χ3v) is 3.34. The minimum atomic E-state index is 0.0709. The summed E-state index contributed by atoms with van der Waals surface area (Å²) in [4.78, 5) is 18.1. The first-order valence-corrected chi connectivity index (χ1v) is 6.40. The van der Waals surface area contributed by atoms with Gasteiger partial charge in [0.15, 0.2) is 0 Å². The van der Waals surface area contributed by atoms with E-state index < -0.39 is 0 Å². The molecule has 0 fully saturated rings. The van der Waals surface area contributed by atoms with Crippen LogP contribution in [0.15, 0.2) is 18.2 Å². The Morgan fingerprint density at radius 2 is 2.22 bits per heavy atom. The molecule has 0 saturated heterocycles. The number of urea groups is 1. The van der Waals surface area contributed by atoms with Gasteiger partial charge in [0.25, 0.3) is 0 Å². The van der Waals surface area contributed by atoms with Crippen molar-refractivity contribution in [3.05, 3.63) is 34.9 Å². The van der Waals surface area contributed by atoms with Gasteiger partial charge < -0.3 is 9.80 Å². The molecule has 1 aliphatic heterocycles. The predicted octanol–water partition coefficient (Wildman–Crippen LogP) is 1.97. The van der Waals surface area contributed by atoms with Crippen LogP contribution < -0.4 is 4.84 Å². The van der Waals surface area contributed by atoms with Crippen molar-refractivity contribution in [3.63, 3.8) is 0 Å². The van der Waals surface area contributed by atoms with Crippen molar-refractivity contribution < 1.29 is 4.79 Å².